The molecule has 628 valence electrons. The van der Waals surface area contributed by atoms with Crippen LogP contribution in [-0.2, 0) is 73.8 Å². The maximum atomic E-state index is 15.1. The van der Waals surface area contributed by atoms with Gasteiger partial charge in [0.05, 0.1) is 30.6 Å². The number of likely N-dealkylation sites (N-methyl/N-ethyl adjacent to an activating group) is 1. The number of hydrogen-bond acceptors (Lipinski definition) is 23. The summed E-state index contributed by atoms with van der Waals surface area (Å²) in [5.41, 5.74) is 6.66. The van der Waals surface area contributed by atoms with E-state index in [0.717, 1.165) is 35.4 Å². The number of primary amides is 1. The molecule has 7 rings (SSSR count). The third kappa shape index (κ3) is 28.6. The quantitative estimate of drug-likeness (QED) is 0.0846. The number of fused-ring (bicyclic) bond motifs is 3. The van der Waals surface area contributed by atoms with Gasteiger partial charge in [0.2, 0.25) is 70.9 Å². The Hall–Kier alpha value is -7.29. The summed E-state index contributed by atoms with van der Waals surface area (Å²) in [4.78, 5) is 188. The molecule has 4 unspecified atom stereocenters. The monoisotopic (exact) mass is 1610 g/mol. The summed E-state index contributed by atoms with van der Waals surface area (Å²) in [6, 6.07) is -8.91. The smallest absolute Gasteiger partial charge is 0.303 e. The largest absolute Gasteiger partial charge is 0.481 e. The number of aliphatic hydroxyl groups excluding tert-OH is 4. The fraction of sp³-hybridized carbons (Fsp3) is 0.750. The molecule has 2 saturated carbocycles. The molecule has 0 spiro atoms. The first-order chi connectivity index (χ1) is 53.1. The van der Waals surface area contributed by atoms with Crippen LogP contribution >= 0.6 is 23.5 Å². The molecule has 112 heavy (non-hydrogen) atoms. The minimum atomic E-state index is -1.78. The van der Waals surface area contributed by atoms with Gasteiger partial charge in [-0.2, -0.15) is 23.5 Å². The van der Waals surface area contributed by atoms with Crippen molar-refractivity contribution >= 4 is 100 Å². The molecule has 4 aliphatic heterocycles. The van der Waals surface area contributed by atoms with Crippen LogP contribution in [-0.4, -0.2) is 255 Å². The molecule has 1 aromatic carbocycles. The molecule has 1 aromatic rings. The number of nitrogens with one attached hydrogen (secondary N) is 14. The van der Waals surface area contributed by atoms with Gasteiger partial charge in [0.1, 0.15) is 66.5 Å². The lowest BCUT2D eigenvalue weighted by Crippen LogP contribution is -2.63. The lowest BCUT2D eigenvalue weighted by Gasteiger charge is -2.34. The first-order valence-electron chi connectivity index (χ1n) is 39.8. The number of hydrogen-bond donors (Lipinski definition) is 20. The number of nitrogens with two attached hydrogens (primary N) is 1. The van der Waals surface area contributed by atoms with Gasteiger partial charge in [-0.3, -0.25) is 62.3 Å². The number of carboxylic acids is 1. The molecule has 36 heteroatoms. The van der Waals surface area contributed by atoms with Crippen molar-refractivity contribution in [2.45, 2.75) is 285 Å². The number of benzene rings is 1. The fourth-order valence-corrected chi connectivity index (χ4v) is 17.3. The number of carbonyl (C=O) groups excluding carboxylic acids is 12. The zero-order valence-electron chi connectivity index (χ0n) is 65.9. The van der Waals surface area contributed by atoms with E-state index in [2.05, 4.69) is 74.4 Å². The van der Waals surface area contributed by atoms with E-state index in [9.17, 15) is 78.3 Å². The van der Waals surface area contributed by atoms with Crippen LogP contribution in [0, 0.1) is 29.1 Å². The van der Waals surface area contributed by atoms with E-state index < -0.39 is 192 Å². The predicted octanol–water partition coefficient (Wildman–Crippen LogP) is -2.06. The molecule has 0 aromatic heterocycles. The van der Waals surface area contributed by atoms with E-state index in [0.29, 0.717) is 88.4 Å². The van der Waals surface area contributed by atoms with Crippen molar-refractivity contribution in [3.8, 4) is 0 Å². The SMILES string of the molecule is CCC[C@@H]1NC(=O)[C@H](CC2CNC3NCCCC23)NC(=O)[C@H]([C@@H](C)O)NC(=O)[C@H](CC2CNCN2)NC(=O)[C@H](CC2CCC(O)CC2)NC(=O)[C@H](C(C)(C)C)NC(=O)CCSCc2cccc(c2)CSC[C@@H](C(N)=O)NC(=O)[C@H]([C@@H](C)O)NC(=O)[C@H](C)N(C)C(=O)[C@H](CC2CCC(O)CC2)NC(=O)[C@H](CCC(=O)O)NC1=O. The number of carbonyl (C=O) groups is 13. The number of amides is 12. The molecule has 3 saturated heterocycles. The molecule has 0 radical (unpaired) electrons. The zero-order valence-corrected chi connectivity index (χ0v) is 67.5. The number of piperidine rings is 1. The predicted molar refractivity (Wildman–Crippen MR) is 419 cm³/mol. The Kier molecular flexibility index (Phi) is 36.6. The normalized spacial score (nSPS) is 32.7. The number of thioether (sulfide) groups is 2. The van der Waals surface area contributed by atoms with Crippen LogP contribution in [0.5, 0.6) is 0 Å². The molecule has 2 aliphatic carbocycles. The first kappa shape index (κ1) is 91.9. The Labute approximate surface area is 664 Å². The Morgan fingerprint density at radius 3 is 1.66 bits per heavy atom. The average molecular weight is 1610 g/mol. The van der Waals surface area contributed by atoms with Crippen LogP contribution in [0.1, 0.15) is 182 Å². The molecule has 2 bridgehead atoms. The highest BCUT2D eigenvalue weighted by molar-refractivity contribution is 7.98. The van der Waals surface area contributed by atoms with E-state index in [1.54, 1.807) is 27.7 Å². The molecule has 12 amide bonds. The minimum absolute atomic E-state index is 0.00720. The molecule has 6 aliphatic rings. The van der Waals surface area contributed by atoms with Crippen molar-refractivity contribution in [1.29, 1.82) is 0 Å². The summed E-state index contributed by atoms with van der Waals surface area (Å²) >= 11 is 2.73. The summed E-state index contributed by atoms with van der Waals surface area (Å²) in [5.74, 6) is -11.1. The maximum absolute atomic E-state index is 15.1. The van der Waals surface area contributed by atoms with Gasteiger partial charge in [0, 0.05) is 62.2 Å². The van der Waals surface area contributed by atoms with Crippen molar-refractivity contribution in [2.75, 3.05) is 44.9 Å². The zero-order chi connectivity index (χ0) is 82.1. The van der Waals surface area contributed by atoms with Gasteiger partial charge in [0.25, 0.3) is 0 Å². The van der Waals surface area contributed by atoms with Gasteiger partial charge in [-0.15, -0.1) is 0 Å². The van der Waals surface area contributed by atoms with E-state index in [1.165, 1.54) is 51.3 Å². The summed E-state index contributed by atoms with van der Waals surface area (Å²) in [6.45, 7) is 12.7. The van der Waals surface area contributed by atoms with Crippen LogP contribution in [0.2, 0.25) is 0 Å². The standard InChI is InChI=1S/C76H124N16O18S2/c1-9-12-52-67(102)83-53(24-25-60(98)99)68(103)87-57(31-44-18-22-50(96)23-19-44)75(110)92(8)40(2)66(101)90-61(41(3)93)73(108)88-58(64(77)100)38-112-37-46-14-10-13-45(29-46)36-111-28-26-59(97)89-63(76(5,6)7)74(109)86-54(30-43-16-20-49(95)21-17-43)69(104)84-56(33-48-35-78-39-81-48)71(106)91-62(42(4)94)72(107)85-55(70(105)82-52)32-47-34-80-65-51(47)15-11-27-79-65/h10,13-14,29,40-44,47-58,61-63,65,78-81,93-96H,9,11-12,15-28,30-39H2,1-8H3,(H2,77,100)(H,82,105)(H,83,102)(H,84,104)(H,85,107)(H,86,109)(H,87,103)(H,88,108)(H,89,97)(H,90,101)(H,91,106)(H,98,99)/t40-,41+,42+,43?,44?,47?,48?,49?,50?,51?,52-,53-,54-,55-,56-,57-,58-,61-,62-,63+,65?/m0/s1. The first-order valence-corrected chi connectivity index (χ1v) is 42.1. The summed E-state index contributed by atoms with van der Waals surface area (Å²) in [7, 11) is 1.27. The molecule has 21 N–H and O–H groups in total. The van der Waals surface area contributed by atoms with Crippen LogP contribution in [0.15, 0.2) is 24.3 Å². The highest BCUT2D eigenvalue weighted by Gasteiger charge is 2.44. The second-order valence-electron chi connectivity index (χ2n) is 32.4. The second kappa shape index (κ2) is 44.6. The van der Waals surface area contributed by atoms with Crippen molar-refractivity contribution in [1.82, 2.24) is 79.3 Å². The summed E-state index contributed by atoms with van der Waals surface area (Å²) in [5, 5.41) is 93.9. The third-order valence-electron chi connectivity index (χ3n) is 22.3. The van der Waals surface area contributed by atoms with E-state index >= 15 is 9.59 Å². The Balaban J connectivity index is 1.22. The van der Waals surface area contributed by atoms with Gasteiger partial charge >= 0.3 is 5.97 Å². The van der Waals surface area contributed by atoms with Crippen molar-refractivity contribution in [2.24, 2.45) is 34.8 Å². The molecule has 5 fully saturated rings. The average Bonchev–Trinajstić information content (AvgIpc) is 1.48. The summed E-state index contributed by atoms with van der Waals surface area (Å²) < 4.78 is 0. The highest BCUT2D eigenvalue weighted by atomic mass is 32.2. The van der Waals surface area contributed by atoms with Crippen LogP contribution in [0.25, 0.3) is 0 Å². The summed E-state index contributed by atoms with van der Waals surface area (Å²) in [6.07, 6.45) is -0.369. The Morgan fingerprint density at radius 1 is 0.589 bits per heavy atom. The van der Waals surface area contributed by atoms with Gasteiger partial charge in [-0.05, 0) is 177 Å². The minimum Gasteiger partial charge on any atom is -0.481 e. The second-order valence-corrected chi connectivity index (χ2v) is 34.5. The fourth-order valence-electron chi connectivity index (χ4n) is 15.4. The molecule has 4 heterocycles. The van der Waals surface area contributed by atoms with Crippen LogP contribution in [0.4, 0.5) is 0 Å². The third-order valence-corrected chi connectivity index (χ3v) is 24.4. The topological polar surface area (TPSA) is 521 Å². The molecular formula is C76H124N16O18S2. The maximum Gasteiger partial charge on any atom is 0.303 e. The number of aliphatic carboxylic acids is 1. The van der Waals surface area contributed by atoms with Crippen LogP contribution in [0.3, 0.4) is 0 Å². The molecule has 34 nitrogen and oxygen atoms in total. The van der Waals surface area contributed by atoms with Gasteiger partial charge < -0.3 is 111 Å². The van der Waals surface area contributed by atoms with E-state index in [1.807, 2.05) is 24.3 Å². The van der Waals surface area contributed by atoms with E-state index in [4.69, 9.17) is 5.73 Å². The van der Waals surface area contributed by atoms with Crippen molar-refractivity contribution < 1.29 is 87.9 Å². The Morgan fingerprint density at radius 2 is 1.10 bits per heavy atom. The van der Waals surface area contributed by atoms with Gasteiger partial charge in [-0.25, -0.2) is 0 Å². The Bertz CT molecular complexity index is 3370. The van der Waals surface area contributed by atoms with E-state index in [-0.39, 0.29) is 80.5 Å². The number of aliphatic hydroxyl groups is 4. The number of carboxylic acid groups (broad SMARTS) is 1. The van der Waals surface area contributed by atoms with Crippen molar-refractivity contribution in [3.05, 3.63) is 35.4 Å². The van der Waals surface area contributed by atoms with Crippen LogP contribution < -0.4 is 80.2 Å². The van der Waals surface area contributed by atoms with Crippen molar-refractivity contribution in [3.63, 3.8) is 0 Å². The molecular weight excluding hydrogens is 1490 g/mol. The van der Waals surface area contributed by atoms with Gasteiger partial charge in [-0.1, -0.05) is 58.4 Å². The lowest BCUT2D eigenvalue weighted by molar-refractivity contribution is -0.143. The van der Waals surface area contributed by atoms with Gasteiger partial charge in [0.15, 0.2) is 0 Å². The number of nitrogens with zero attached hydrogens (tertiary/aromatic N) is 1. The number of rotatable bonds is 16. The lowest BCUT2D eigenvalue weighted by atomic mass is 9.82. The molecule has 17 atom stereocenters. The highest BCUT2D eigenvalue weighted by Crippen LogP contribution is 2.34.